The molecule has 5 heteroatoms. The first-order valence-electron chi connectivity index (χ1n) is 3.86. The molecule has 0 unspecified atom stereocenters. The van der Waals surface area contributed by atoms with E-state index in [-0.39, 0.29) is 18.2 Å². The number of aromatic nitrogens is 1. The molecule has 5 nitrogen and oxygen atoms in total. The van der Waals surface area contributed by atoms with Crippen molar-refractivity contribution in [2.45, 2.75) is 6.42 Å². The van der Waals surface area contributed by atoms with E-state index in [1.165, 1.54) is 11.7 Å². The largest absolute Gasteiger partial charge is 0.359 e. The van der Waals surface area contributed by atoms with Crippen LogP contribution in [0.2, 0.25) is 0 Å². The average Bonchev–Trinajstić information content (AvgIpc) is 2.56. The van der Waals surface area contributed by atoms with Crippen molar-refractivity contribution in [1.82, 2.24) is 9.99 Å². The number of hydrogen-bond donors (Lipinski definition) is 2. The molecule has 2 amide bonds. The van der Waals surface area contributed by atoms with Crippen LogP contribution in [0.5, 0.6) is 0 Å². The van der Waals surface area contributed by atoms with Gasteiger partial charge in [0.25, 0.3) is 0 Å². The molecule has 0 aliphatic carbocycles. The van der Waals surface area contributed by atoms with E-state index in [1.54, 1.807) is 24.5 Å². The number of carbonyl (C=O) groups excluding carboxylic acids is 2. The molecular weight excluding hydrogens is 170 g/mol. The second-order valence-electron chi connectivity index (χ2n) is 2.48. The van der Waals surface area contributed by atoms with Gasteiger partial charge in [0.05, 0.1) is 0 Å². The topological polar surface area (TPSA) is 63.1 Å². The van der Waals surface area contributed by atoms with E-state index in [1.807, 2.05) is 0 Å². The highest BCUT2D eigenvalue weighted by molar-refractivity contribution is 6.00. The Morgan fingerprint density at radius 1 is 1.23 bits per heavy atom. The highest BCUT2D eigenvalue weighted by atomic mass is 16.2. The van der Waals surface area contributed by atoms with Gasteiger partial charge in [0.15, 0.2) is 0 Å². The Labute approximate surface area is 75.7 Å². The summed E-state index contributed by atoms with van der Waals surface area (Å²) in [5, 5.41) is 2.37. The van der Waals surface area contributed by atoms with E-state index in [0.717, 1.165) is 0 Å². The number of nitrogens with one attached hydrogen (secondary N) is 2. The van der Waals surface area contributed by atoms with E-state index in [4.69, 9.17) is 0 Å². The molecule has 70 valence electrons. The van der Waals surface area contributed by atoms with Crippen LogP contribution in [0.3, 0.4) is 0 Å². The molecule has 0 aliphatic heterocycles. The first-order valence-corrected chi connectivity index (χ1v) is 3.86. The van der Waals surface area contributed by atoms with Gasteiger partial charge in [0.2, 0.25) is 11.8 Å². The van der Waals surface area contributed by atoms with Gasteiger partial charge in [-0.1, -0.05) is 0 Å². The van der Waals surface area contributed by atoms with Gasteiger partial charge in [-0.25, -0.2) is 0 Å². The Kier molecular flexibility index (Phi) is 3.08. The van der Waals surface area contributed by atoms with Gasteiger partial charge in [0, 0.05) is 19.4 Å². The Balaban J connectivity index is 2.38. The van der Waals surface area contributed by atoms with E-state index < -0.39 is 0 Å². The third-order valence-corrected chi connectivity index (χ3v) is 1.46. The van der Waals surface area contributed by atoms with Crippen molar-refractivity contribution in [2.24, 2.45) is 0 Å². The van der Waals surface area contributed by atoms with Crippen LogP contribution in [0.1, 0.15) is 6.42 Å². The molecule has 0 saturated carbocycles. The lowest BCUT2D eigenvalue weighted by molar-refractivity contribution is -0.126. The van der Waals surface area contributed by atoms with Crippen molar-refractivity contribution in [2.75, 3.05) is 12.5 Å². The molecule has 1 aromatic rings. The first-order chi connectivity index (χ1) is 6.22. The van der Waals surface area contributed by atoms with Crippen LogP contribution in [0, 0.1) is 0 Å². The Morgan fingerprint density at radius 3 is 2.38 bits per heavy atom. The summed E-state index contributed by atoms with van der Waals surface area (Å²) in [6.07, 6.45) is 3.21. The first kappa shape index (κ1) is 9.31. The van der Waals surface area contributed by atoms with Crippen molar-refractivity contribution in [3.05, 3.63) is 24.5 Å². The quantitative estimate of drug-likeness (QED) is 0.628. The minimum absolute atomic E-state index is 0.158. The molecule has 2 N–H and O–H groups in total. The zero-order valence-corrected chi connectivity index (χ0v) is 7.28. The predicted molar refractivity (Wildman–Crippen MR) is 47.5 cm³/mol. The van der Waals surface area contributed by atoms with Gasteiger partial charge in [-0.2, -0.15) is 0 Å². The van der Waals surface area contributed by atoms with Gasteiger partial charge in [-0.3, -0.25) is 19.7 Å². The highest BCUT2D eigenvalue weighted by Crippen LogP contribution is 1.87. The van der Waals surface area contributed by atoms with Crippen molar-refractivity contribution < 1.29 is 9.59 Å². The number of nitrogens with zero attached hydrogens (tertiary/aromatic N) is 1. The molecule has 0 fully saturated rings. The Bertz CT molecular complexity index is 292. The standard InChI is InChI=1S/C8H11N3O2/c1-9-7(12)6-8(13)10-11-4-2-3-5-11/h2-5H,6H2,1H3,(H,9,12)(H,10,13). The van der Waals surface area contributed by atoms with Gasteiger partial charge < -0.3 is 5.32 Å². The minimum atomic E-state index is -0.337. The number of amides is 2. The van der Waals surface area contributed by atoms with E-state index in [2.05, 4.69) is 10.7 Å². The zero-order valence-electron chi connectivity index (χ0n) is 7.28. The molecular formula is C8H11N3O2. The number of carbonyl (C=O) groups is 2. The predicted octanol–water partition coefficient (Wildman–Crippen LogP) is -0.306. The molecule has 13 heavy (non-hydrogen) atoms. The monoisotopic (exact) mass is 181 g/mol. The number of hydrogen-bond acceptors (Lipinski definition) is 2. The summed E-state index contributed by atoms with van der Waals surface area (Å²) >= 11 is 0. The van der Waals surface area contributed by atoms with Gasteiger partial charge in [-0.05, 0) is 12.1 Å². The fraction of sp³-hybridized carbons (Fsp3) is 0.250. The SMILES string of the molecule is CNC(=O)CC(=O)Nn1cccc1. The molecule has 0 radical (unpaired) electrons. The van der Waals surface area contributed by atoms with Crippen LogP contribution >= 0.6 is 0 Å². The molecule has 0 aromatic carbocycles. The zero-order chi connectivity index (χ0) is 9.68. The third-order valence-electron chi connectivity index (χ3n) is 1.46. The smallest absolute Gasteiger partial charge is 0.248 e. The van der Waals surface area contributed by atoms with E-state index in [9.17, 15) is 9.59 Å². The van der Waals surface area contributed by atoms with Crippen LogP contribution in [-0.4, -0.2) is 23.5 Å². The van der Waals surface area contributed by atoms with Gasteiger partial charge >= 0.3 is 0 Å². The second kappa shape index (κ2) is 4.30. The van der Waals surface area contributed by atoms with E-state index in [0.29, 0.717) is 0 Å². The Morgan fingerprint density at radius 2 is 1.85 bits per heavy atom. The maximum Gasteiger partial charge on any atom is 0.248 e. The average molecular weight is 181 g/mol. The molecule has 1 rings (SSSR count). The summed E-state index contributed by atoms with van der Waals surface area (Å²) in [6.45, 7) is 0. The van der Waals surface area contributed by atoms with Crippen molar-refractivity contribution in [3.63, 3.8) is 0 Å². The van der Waals surface area contributed by atoms with Crippen LogP contribution in [0.4, 0.5) is 0 Å². The molecule has 0 atom stereocenters. The van der Waals surface area contributed by atoms with Crippen molar-refractivity contribution in [1.29, 1.82) is 0 Å². The summed E-state index contributed by atoms with van der Waals surface area (Å²) in [4.78, 5) is 21.9. The lowest BCUT2D eigenvalue weighted by Crippen LogP contribution is -2.28. The van der Waals surface area contributed by atoms with Crippen LogP contribution in [0.25, 0.3) is 0 Å². The Hall–Kier alpha value is -1.78. The molecule has 1 aromatic heterocycles. The maximum absolute atomic E-state index is 11.1. The summed E-state index contributed by atoms with van der Waals surface area (Å²) in [5.41, 5.74) is 2.50. The third kappa shape index (κ3) is 2.98. The molecule has 0 bridgehead atoms. The molecule has 0 spiro atoms. The fourth-order valence-corrected chi connectivity index (χ4v) is 0.827. The van der Waals surface area contributed by atoms with Gasteiger partial charge in [-0.15, -0.1) is 0 Å². The summed E-state index contributed by atoms with van der Waals surface area (Å²) in [6, 6.07) is 3.56. The van der Waals surface area contributed by atoms with E-state index >= 15 is 0 Å². The summed E-state index contributed by atoms with van der Waals surface area (Å²) < 4.78 is 1.49. The number of rotatable bonds is 3. The van der Waals surface area contributed by atoms with Crippen LogP contribution in [0.15, 0.2) is 24.5 Å². The molecule has 1 heterocycles. The minimum Gasteiger partial charge on any atom is -0.359 e. The fourth-order valence-electron chi connectivity index (χ4n) is 0.827. The van der Waals surface area contributed by atoms with Crippen molar-refractivity contribution in [3.8, 4) is 0 Å². The molecule has 0 aliphatic rings. The highest BCUT2D eigenvalue weighted by Gasteiger charge is 2.06. The van der Waals surface area contributed by atoms with Crippen molar-refractivity contribution >= 4 is 11.8 Å². The summed E-state index contributed by atoms with van der Waals surface area (Å²) in [5.74, 6) is -0.639. The van der Waals surface area contributed by atoms with Crippen LogP contribution < -0.4 is 10.7 Å². The molecule has 0 saturated heterocycles. The lowest BCUT2D eigenvalue weighted by atomic mass is 10.4. The summed E-state index contributed by atoms with van der Waals surface area (Å²) in [7, 11) is 1.49. The normalized spacial score (nSPS) is 9.31. The van der Waals surface area contributed by atoms with Crippen LogP contribution in [-0.2, 0) is 9.59 Å². The van der Waals surface area contributed by atoms with Gasteiger partial charge in [0.1, 0.15) is 6.42 Å². The maximum atomic E-state index is 11.1. The second-order valence-corrected chi connectivity index (χ2v) is 2.48. The lowest BCUT2D eigenvalue weighted by Gasteiger charge is -2.04.